The summed E-state index contributed by atoms with van der Waals surface area (Å²) in [4.78, 5) is 10.6. The Morgan fingerprint density at radius 1 is 1.53 bits per heavy atom. The summed E-state index contributed by atoms with van der Waals surface area (Å²) in [5, 5.41) is 3.22. The Labute approximate surface area is 90.3 Å². The van der Waals surface area contributed by atoms with Crippen molar-refractivity contribution in [2.24, 2.45) is 11.1 Å². The molecule has 0 bridgehead atoms. The van der Waals surface area contributed by atoms with Gasteiger partial charge in [0.2, 0.25) is 0 Å². The normalized spacial score (nSPS) is 28.2. The molecule has 2 atom stereocenters. The molecule has 3 N–H and O–H groups in total. The molecule has 0 aromatic carbocycles. The van der Waals surface area contributed by atoms with Gasteiger partial charge in [-0.1, -0.05) is 20.8 Å². The van der Waals surface area contributed by atoms with Gasteiger partial charge in [-0.05, 0) is 0 Å². The van der Waals surface area contributed by atoms with Crippen molar-refractivity contribution < 1.29 is 14.3 Å². The number of hydrogen-bond donors (Lipinski definition) is 2. The van der Waals surface area contributed by atoms with Gasteiger partial charge in [0.05, 0.1) is 6.61 Å². The van der Waals surface area contributed by atoms with Crippen molar-refractivity contribution in [1.29, 1.82) is 0 Å². The van der Waals surface area contributed by atoms with Gasteiger partial charge in [0.15, 0.2) is 0 Å². The van der Waals surface area contributed by atoms with E-state index in [1.807, 2.05) is 0 Å². The SMILES string of the molecule is CC(C)(C)C1NCC(OC(N)=O)CCO1. The molecule has 1 heterocycles. The molecule has 88 valence electrons. The number of amides is 1. The Bertz CT molecular complexity index is 225. The maximum absolute atomic E-state index is 10.6. The predicted octanol–water partition coefficient (Wildman–Crippen LogP) is 0.832. The van der Waals surface area contributed by atoms with Crippen molar-refractivity contribution in [3.05, 3.63) is 0 Å². The van der Waals surface area contributed by atoms with Crippen LogP contribution in [0.1, 0.15) is 27.2 Å². The predicted molar refractivity (Wildman–Crippen MR) is 56.3 cm³/mol. The molecule has 0 aromatic rings. The number of primary amides is 1. The van der Waals surface area contributed by atoms with Crippen molar-refractivity contribution in [3.63, 3.8) is 0 Å². The summed E-state index contributed by atoms with van der Waals surface area (Å²) in [5.74, 6) is 0. The lowest BCUT2D eigenvalue weighted by Gasteiger charge is -2.29. The van der Waals surface area contributed by atoms with E-state index in [4.69, 9.17) is 15.2 Å². The lowest BCUT2D eigenvalue weighted by molar-refractivity contribution is -0.0296. The fourth-order valence-corrected chi connectivity index (χ4v) is 1.54. The second-order valence-electron chi connectivity index (χ2n) is 4.87. The van der Waals surface area contributed by atoms with Gasteiger partial charge in [-0.3, -0.25) is 5.32 Å². The summed E-state index contributed by atoms with van der Waals surface area (Å²) in [6.07, 6.45) is -0.243. The van der Waals surface area contributed by atoms with Crippen LogP contribution in [0.25, 0.3) is 0 Å². The third-order valence-corrected chi connectivity index (χ3v) is 2.32. The molecule has 0 aromatic heterocycles. The maximum Gasteiger partial charge on any atom is 0.404 e. The van der Waals surface area contributed by atoms with Gasteiger partial charge in [0.25, 0.3) is 0 Å². The van der Waals surface area contributed by atoms with Crippen molar-refractivity contribution in [3.8, 4) is 0 Å². The molecule has 0 aliphatic carbocycles. The number of ether oxygens (including phenoxy) is 2. The quantitative estimate of drug-likeness (QED) is 0.681. The van der Waals surface area contributed by atoms with E-state index >= 15 is 0 Å². The lowest BCUT2D eigenvalue weighted by Crippen LogP contribution is -2.43. The van der Waals surface area contributed by atoms with Crippen LogP contribution in [0.15, 0.2) is 0 Å². The van der Waals surface area contributed by atoms with Crippen LogP contribution in [0.3, 0.4) is 0 Å². The molecule has 1 fully saturated rings. The monoisotopic (exact) mass is 216 g/mol. The maximum atomic E-state index is 10.6. The van der Waals surface area contributed by atoms with Crippen LogP contribution in [0.4, 0.5) is 4.79 Å². The Kier molecular flexibility index (Phi) is 3.93. The zero-order chi connectivity index (χ0) is 11.5. The number of nitrogens with two attached hydrogens (primary N) is 1. The van der Waals surface area contributed by atoms with E-state index < -0.39 is 6.09 Å². The lowest BCUT2D eigenvalue weighted by atomic mass is 9.94. The average Bonchev–Trinajstić information content (AvgIpc) is 2.27. The van der Waals surface area contributed by atoms with E-state index in [2.05, 4.69) is 26.1 Å². The number of nitrogens with one attached hydrogen (secondary N) is 1. The van der Waals surface area contributed by atoms with E-state index in [0.717, 1.165) is 0 Å². The van der Waals surface area contributed by atoms with Gasteiger partial charge in [0.1, 0.15) is 12.3 Å². The van der Waals surface area contributed by atoms with Crippen LogP contribution in [-0.2, 0) is 9.47 Å². The Morgan fingerprint density at radius 3 is 2.73 bits per heavy atom. The third-order valence-electron chi connectivity index (χ3n) is 2.32. The van der Waals surface area contributed by atoms with E-state index in [0.29, 0.717) is 19.6 Å². The molecule has 15 heavy (non-hydrogen) atoms. The van der Waals surface area contributed by atoms with Crippen LogP contribution >= 0.6 is 0 Å². The number of hydrogen-bond acceptors (Lipinski definition) is 4. The van der Waals surface area contributed by atoms with Gasteiger partial charge in [0, 0.05) is 18.4 Å². The highest BCUT2D eigenvalue weighted by atomic mass is 16.6. The molecule has 1 aliphatic heterocycles. The molecule has 0 radical (unpaired) electrons. The molecule has 0 saturated carbocycles. The minimum absolute atomic E-state index is 0.0148. The van der Waals surface area contributed by atoms with Crippen LogP contribution in [0.2, 0.25) is 0 Å². The standard InChI is InChI=1S/C10H20N2O3/c1-10(2,3)8-12-6-7(4-5-14-8)15-9(11)13/h7-8,12H,4-6H2,1-3H3,(H2,11,13). The van der Waals surface area contributed by atoms with Gasteiger partial charge in [-0.2, -0.15) is 0 Å². The average molecular weight is 216 g/mol. The highest BCUT2D eigenvalue weighted by molar-refractivity contribution is 5.64. The van der Waals surface area contributed by atoms with Crippen molar-refractivity contribution >= 4 is 6.09 Å². The van der Waals surface area contributed by atoms with E-state index in [1.165, 1.54) is 0 Å². The molecule has 5 heteroatoms. The second kappa shape index (κ2) is 4.81. The summed E-state index contributed by atoms with van der Waals surface area (Å²) < 4.78 is 10.6. The van der Waals surface area contributed by atoms with Gasteiger partial charge in [-0.15, -0.1) is 0 Å². The third kappa shape index (κ3) is 4.05. The number of rotatable bonds is 1. The fraction of sp³-hybridized carbons (Fsp3) is 0.900. The first-order chi connectivity index (χ1) is 6.89. The Hall–Kier alpha value is -0.810. The van der Waals surface area contributed by atoms with Crippen molar-refractivity contribution in [2.45, 2.75) is 39.5 Å². The van der Waals surface area contributed by atoms with Crippen molar-refractivity contribution in [2.75, 3.05) is 13.2 Å². The molecule has 1 saturated heterocycles. The Morgan fingerprint density at radius 2 is 2.20 bits per heavy atom. The van der Waals surface area contributed by atoms with Crippen LogP contribution < -0.4 is 11.1 Å². The first-order valence-electron chi connectivity index (χ1n) is 5.20. The van der Waals surface area contributed by atoms with Gasteiger partial charge in [-0.25, -0.2) is 4.79 Å². The highest BCUT2D eigenvalue weighted by Crippen LogP contribution is 2.22. The minimum atomic E-state index is -0.726. The molecule has 5 nitrogen and oxygen atoms in total. The summed E-state index contributed by atoms with van der Waals surface area (Å²) in [5.41, 5.74) is 4.99. The van der Waals surface area contributed by atoms with Gasteiger partial charge < -0.3 is 15.2 Å². The van der Waals surface area contributed by atoms with Crippen LogP contribution in [0, 0.1) is 5.41 Å². The van der Waals surface area contributed by atoms with Crippen LogP contribution in [0.5, 0.6) is 0 Å². The molecule has 1 rings (SSSR count). The molecule has 0 spiro atoms. The molecule has 1 amide bonds. The van der Waals surface area contributed by atoms with Crippen LogP contribution in [-0.4, -0.2) is 31.6 Å². The molecule has 2 unspecified atom stereocenters. The summed E-state index contributed by atoms with van der Waals surface area (Å²) >= 11 is 0. The summed E-state index contributed by atoms with van der Waals surface area (Å²) in [6, 6.07) is 0. The van der Waals surface area contributed by atoms with Gasteiger partial charge >= 0.3 is 6.09 Å². The largest absolute Gasteiger partial charge is 0.445 e. The first-order valence-corrected chi connectivity index (χ1v) is 5.20. The first kappa shape index (κ1) is 12.3. The van der Waals surface area contributed by atoms with E-state index in [1.54, 1.807) is 0 Å². The molecular formula is C10H20N2O3. The topological polar surface area (TPSA) is 73.6 Å². The zero-order valence-electron chi connectivity index (χ0n) is 9.58. The zero-order valence-corrected chi connectivity index (χ0v) is 9.58. The molecular weight excluding hydrogens is 196 g/mol. The van der Waals surface area contributed by atoms with E-state index in [-0.39, 0.29) is 17.7 Å². The number of carbonyl (C=O) groups excluding carboxylic acids is 1. The second-order valence-corrected chi connectivity index (χ2v) is 4.87. The van der Waals surface area contributed by atoms with E-state index in [9.17, 15) is 4.79 Å². The Balaban J connectivity index is 2.45. The summed E-state index contributed by atoms with van der Waals surface area (Å²) in [7, 11) is 0. The molecule has 1 aliphatic rings. The van der Waals surface area contributed by atoms with Crippen molar-refractivity contribution in [1.82, 2.24) is 5.32 Å². The smallest absolute Gasteiger partial charge is 0.404 e. The number of carbonyl (C=O) groups is 1. The fourth-order valence-electron chi connectivity index (χ4n) is 1.54. The highest BCUT2D eigenvalue weighted by Gasteiger charge is 2.29. The summed E-state index contributed by atoms with van der Waals surface area (Å²) in [6.45, 7) is 7.46. The minimum Gasteiger partial charge on any atom is -0.445 e.